The summed E-state index contributed by atoms with van der Waals surface area (Å²) in [4.78, 5) is 9.37. The average molecular weight is 409 g/mol. The number of para-hydroxylation sites is 1. The Morgan fingerprint density at radius 3 is 2.61 bits per heavy atom. The van der Waals surface area contributed by atoms with Crippen LogP contribution in [-0.4, -0.2) is 20.2 Å². The lowest BCUT2D eigenvalue weighted by Crippen LogP contribution is -2.02. The number of hydrogen-bond acceptors (Lipinski definition) is 6. The number of fused-ring (bicyclic) bond motifs is 1. The Morgan fingerprint density at radius 1 is 1.00 bits per heavy atom. The molecule has 5 rings (SSSR count). The Labute approximate surface area is 180 Å². The molecule has 0 saturated heterocycles. The van der Waals surface area contributed by atoms with Gasteiger partial charge < -0.3 is 10.6 Å². The highest BCUT2D eigenvalue weighted by Crippen LogP contribution is 2.34. The molecule has 3 N–H and O–H groups in total. The Kier molecular flexibility index (Phi) is 5.19. The van der Waals surface area contributed by atoms with Crippen LogP contribution in [-0.2, 0) is 6.42 Å². The summed E-state index contributed by atoms with van der Waals surface area (Å²) in [5, 5.41) is 24.1. The summed E-state index contributed by atoms with van der Waals surface area (Å²) < 4.78 is 0. The van der Waals surface area contributed by atoms with Gasteiger partial charge in [-0.05, 0) is 42.7 Å². The summed E-state index contributed by atoms with van der Waals surface area (Å²) in [6, 6.07) is 19.9. The maximum atomic E-state index is 8.84. The summed E-state index contributed by atoms with van der Waals surface area (Å²) >= 11 is 0. The van der Waals surface area contributed by atoms with Crippen molar-refractivity contribution in [3.63, 3.8) is 0 Å². The van der Waals surface area contributed by atoms with E-state index in [9.17, 15) is 0 Å². The van der Waals surface area contributed by atoms with E-state index >= 15 is 0 Å². The molecular weight excluding hydrogens is 386 g/mol. The van der Waals surface area contributed by atoms with Crippen LogP contribution >= 0.6 is 0 Å². The Hall–Kier alpha value is -3.92. The lowest BCUT2D eigenvalue weighted by atomic mass is 10.0. The van der Waals surface area contributed by atoms with Crippen LogP contribution in [0.2, 0.25) is 0 Å². The molecule has 1 aliphatic rings. The number of nitriles is 1. The van der Waals surface area contributed by atoms with E-state index in [1.807, 2.05) is 48.5 Å². The van der Waals surface area contributed by atoms with E-state index in [4.69, 9.17) is 10.2 Å². The number of benzene rings is 2. The number of aromatic nitrogens is 4. The van der Waals surface area contributed by atoms with Crippen LogP contribution in [0.3, 0.4) is 0 Å². The predicted molar refractivity (Wildman–Crippen MR) is 122 cm³/mol. The molecule has 1 aliphatic carbocycles. The van der Waals surface area contributed by atoms with Gasteiger partial charge in [-0.15, -0.1) is 0 Å². The number of anilines is 4. The molecule has 2 aromatic heterocycles. The molecule has 4 aromatic rings. The van der Waals surface area contributed by atoms with Crippen molar-refractivity contribution in [1.82, 2.24) is 20.2 Å². The third-order valence-corrected chi connectivity index (χ3v) is 5.74. The number of nitrogens with zero attached hydrogens (tertiary/aromatic N) is 4. The molecule has 0 unspecified atom stereocenters. The van der Waals surface area contributed by atoms with Gasteiger partial charge in [0.2, 0.25) is 5.95 Å². The van der Waals surface area contributed by atoms with Gasteiger partial charge in [-0.3, -0.25) is 5.10 Å². The summed E-state index contributed by atoms with van der Waals surface area (Å²) in [6.45, 7) is 0. The first-order valence-electron chi connectivity index (χ1n) is 10.6. The zero-order chi connectivity index (χ0) is 21.0. The molecule has 0 bridgehead atoms. The first-order valence-corrected chi connectivity index (χ1v) is 10.6. The highest BCUT2D eigenvalue weighted by atomic mass is 15.2. The molecule has 0 amide bonds. The summed E-state index contributed by atoms with van der Waals surface area (Å²) in [5.74, 6) is 2.54. The van der Waals surface area contributed by atoms with Gasteiger partial charge >= 0.3 is 0 Å². The van der Waals surface area contributed by atoms with Gasteiger partial charge in [-0.1, -0.05) is 37.1 Å². The number of hydrogen-bond donors (Lipinski definition) is 3. The van der Waals surface area contributed by atoms with Crippen LogP contribution in [0.15, 0.2) is 54.6 Å². The maximum absolute atomic E-state index is 8.84. The zero-order valence-electron chi connectivity index (χ0n) is 17.1. The van der Waals surface area contributed by atoms with Crippen LogP contribution in [0.25, 0.3) is 10.9 Å². The number of aromatic amines is 1. The third kappa shape index (κ3) is 4.19. The first-order chi connectivity index (χ1) is 15.3. The van der Waals surface area contributed by atoms with Crippen LogP contribution in [0.5, 0.6) is 0 Å². The minimum absolute atomic E-state index is 0.396. The van der Waals surface area contributed by atoms with Crippen molar-refractivity contribution in [1.29, 1.82) is 5.26 Å². The lowest BCUT2D eigenvalue weighted by Gasteiger charge is -2.11. The van der Waals surface area contributed by atoms with E-state index in [-0.39, 0.29) is 0 Å². The SMILES string of the molecule is N#CCc1ccc(Nc2nc(Nc3cc(C4CCCC4)[nH]n3)c3ccccc3n2)cc1. The van der Waals surface area contributed by atoms with Crippen LogP contribution in [0, 0.1) is 11.3 Å². The fraction of sp³-hybridized carbons (Fsp3) is 0.250. The molecule has 154 valence electrons. The average Bonchev–Trinajstić information content (AvgIpc) is 3.47. The highest BCUT2D eigenvalue weighted by Gasteiger charge is 2.19. The molecule has 0 radical (unpaired) electrons. The molecular formula is C24H23N7. The Balaban J connectivity index is 1.42. The van der Waals surface area contributed by atoms with Gasteiger partial charge in [-0.2, -0.15) is 15.3 Å². The minimum Gasteiger partial charge on any atom is -0.324 e. The monoisotopic (exact) mass is 409 g/mol. The highest BCUT2D eigenvalue weighted by molar-refractivity contribution is 5.91. The number of H-pyrrole nitrogens is 1. The van der Waals surface area contributed by atoms with Crippen LogP contribution < -0.4 is 10.6 Å². The van der Waals surface area contributed by atoms with E-state index in [0.29, 0.717) is 24.1 Å². The van der Waals surface area contributed by atoms with Crippen molar-refractivity contribution in [3.05, 3.63) is 65.9 Å². The zero-order valence-corrected chi connectivity index (χ0v) is 17.1. The van der Waals surface area contributed by atoms with Crippen molar-refractivity contribution < 1.29 is 0 Å². The first kappa shape index (κ1) is 19.1. The van der Waals surface area contributed by atoms with Crippen LogP contribution in [0.4, 0.5) is 23.3 Å². The molecule has 1 saturated carbocycles. The minimum atomic E-state index is 0.396. The standard InChI is InChI=1S/C24H23N7/c25-14-13-16-9-11-18(12-10-16)26-24-27-20-8-4-3-7-19(20)23(29-24)28-22-15-21(30-31-22)17-5-1-2-6-17/h3-4,7-12,15,17H,1-2,5-6,13H2,(H3,26,27,28,29,30,31). The molecule has 31 heavy (non-hydrogen) atoms. The predicted octanol–water partition coefficient (Wildman–Crippen LogP) is 5.56. The number of rotatable bonds is 6. The van der Waals surface area contributed by atoms with Gasteiger partial charge in [0, 0.05) is 28.8 Å². The second kappa shape index (κ2) is 8.44. The van der Waals surface area contributed by atoms with Crippen molar-refractivity contribution in [3.8, 4) is 6.07 Å². The molecule has 0 spiro atoms. The third-order valence-electron chi connectivity index (χ3n) is 5.74. The quantitative estimate of drug-likeness (QED) is 0.385. The van der Waals surface area contributed by atoms with Gasteiger partial charge in [0.25, 0.3) is 0 Å². The summed E-state index contributed by atoms with van der Waals surface area (Å²) in [5.41, 5.74) is 3.88. The molecule has 0 aliphatic heterocycles. The number of nitrogens with one attached hydrogen (secondary N) is 3. The second-order valence-electron chi connectivity index (χ2n) is 7.88. The normalized spacial score (nSPS) is 13.9. The van der Waals surface area contributed by atoms with Crippen molar-refractivity contribution in [2.45, 2.75) is 38.0 Å². The molecule has 7 heteroatoms. The van der Waals surface area contributed by atoms with E-state index in [2.05, 4.69) is 38.0 Å². The smallest absolute Gasteiger partial charge is 0.229 e. The van der Waals surface area contributed by atoms with E-state index in [0.717, 1.165) is 28.0 Å². The largest absolute Gasteiger partial charge is 0.324 e. The molecule has 2 heterocycles. The van der Waals surface area contributed by atoms with Gasteiger partial charge in [-0.25, -0.2) is 4.98 Å². The molecule has 2 aromatic carbocycles. The van der Waals surface area contributed by atoms with Gasteiger partial charge in [0.05, 0.1) is 18.0 Å². The van der Waals surface area contributed by atoms with Crippen molar-refractivity contribution in [2.24, 2.45) is 0 Å². The lowest BCUT2D eigenvalue weighted by molar-refractivity contribution is 0.693. The fourth-order valence-electron chi connectivity index (χ4n) is 4.12. The topological polar surface area (TPSA) is 102 Å². The van der Waals surface area contributed by atoms with Crippen LogP contribution in [0.1, 0.15) is 42.9 Å². The van der Waals surface area contributed by atoms with E-state index in [1.165, 1.54) is 31.4 Å². The summed E-state index contributed by atoms with van der Waals surface area (Å²) in [7, 11) is 0. The molecule has 7 nitrogen and oxygen atoms in total. The molecule has 1 fully saturated rings. The van der Waals surface area contributed by atoms with E-state index in [1.54, 1.807) is 0 Å². The summed E-state index contributed by atoms with van der Waals surface area (Å²) in [6.07, 6.45) is 5.41. The van der Waals surface area contributed by atoms with E-state index < -0.39 is 0 Å². The Bertz CT molecular complexity index is 1230. The maximum Gasteiger partial charge on any atom is 0.229 e. The fourth-order valence-corrected chi connectivity index (χ4v) is 4.12. The molecule has 0 atom stereocenters. The van der Waals surface area contributed by atoms with Crippen molar-refractivity contribution >= 4 is 34.2 Å². The second-order valence-corrected chi connectivity index (χ2v) is 7.88. The Morgan fingerprint density at radius 2 is 1.81 bits per heavy atom. The van der Waals surface area contributed by atoms with Gasteiger partial charge in [0.1, 0.15) is 5.82 Å². The van der Waals surface area contributed by atoms with Crippen molar-refractivity contribution in [2.75, 3.05) is 10.6 Å². The van der Waals surface area contributed by atoms with Gasteiger partial charge in [0.15, 0.2) is 5.82 Å².